The number of aromatic nitrogens is 2. The van der Waals surface area contributed by atoms with Crippen LogP contribution in [0.3, 0.4) is 0 Å². The third kappa shape index (κ3) is 10.2. The lowest BCUT2D eigenvalue weighted by Gasteiger charge is -2.36. The molecule has 2 aliphatic heterocycles. The number of likely N-dealkylation sites (tertiary alicyclic amines) is 1. The zero-order chi connectivity index (χ0) is 38.7. The molecule has 3 amide bonds. The third-order valence-electron chi connectivity index (χ3n) is 9.87. The molecule has 0 spiro atoms. The van der Waals surface area contributed by atoms with Gasteiger partial charge in [-0.3, -0.25) is 14.4 Å². The average Bonchev–Trinajstić information content (AvgIpc) is 3.71. The SMILES string of the molecule is Cc1ncsc1-c1ccc([C@H](C)NC(=O)[C@@H]2C[C@@H](O)CN2C(=O)C(NC(=O)CC2CCN(c3ccc(C(=O)OC(C)(C)C)nc3)CC2)C(C)(C)C)cc1. The smallest absolute Gasteiger partial charge is 0.357 e. The summed E-state index contributed by atoms with van der Waals surface area (Å²) in [4.78, 5) is 66.9. The van der Waals surface area contributed by atoms with E-state index >= 15 is 0 Å². The molecular weight excluding hydrogens is 693 g/mol. The topological polar surface area (TPSA) is 154 Å². The average molecular weight is 747 g/mol. The van der Waals surface area contributed by atoms with Crippen molar-refractivity contribution >= 4 is 40.7 Å². The van der Waals surface area contributed by atoms with E-state index in [4.69, 9.17) is 4.74 Å². The number of aliphatic hydroxyl groups is 1. The Morgan fingerprint density at radius 2 is 1.66 bits per heavy atom. The van der Waals surface area contributed by atoms with Gasteiger partial charge in [-0.15, -0.1) is 11.3 Å². The summed E-state index contributed by atoms with van der Waals surface area (Å²) in [5.74, 6) is -1.27. The lowest BCUT2D eigenvalue weighted by Crippen LogP contribution is -2.58. The number of esters is 1. The van der Waals surface area contributed by atoms with Gasteiger partial charge in [0.15, 0.2) is 0 Å². The van der Waals surface area contributed by atoms with Crippen LogP contribution in [0.15, 0.2) is 48.1 Å². The summed E-state index contributed by atoms with van der Waals surface area (Å²) in [5.41, 5.74) is 4.68. The highest BCUT2D eigenvalue weighted by Crippen LogP contribution is 2.31. The number of anilines is 1. The Bertz CT molecular complexity index is 1760. The van der Waals surface area contributed by atoms with Gasteiger partial charge in [-0.2, -0.15) is 0 Å². The summed E-state index contributed by atoms with van der Waals surface area (Å²) in [7, 11) is 0. The number of rotatable bonds is 10. The minimum atomic E-state index is -0.884. The van der Waals surface area contributed by atoms with E-state index in [-0.39, 0.29) is 54.8 Å². The standard InChI is InChI=1S/C40H54N6O6S/c1-24(27-9-11-28(12-10-27)34-25(2)42-23-53-34)43-36(49)32-20-30(47)22-46(32)37(50)35(39(3,4)5)44-33(48)19-26-15-17-45(18-16-26)29-13-14-31(41-21-29)38(51)52-40(6,7)8/h9-14,21,23-24,26,30,32,35,47H,15-20,22H2,1-8H3,(H,43,49)(H,44,48)/t24-,30+,32-,35?/m0/s1. The van der Waals surface area contributed by atoms with Gasteiger partial charge >= 0.3 is 5.97 Å². The number of aryl methyl sites for hydroxylation is 1. The van der Waals surface area contributed by atoms with Crippen LogP contribution in [0.4, 0.5) is 5.69 Å². The first kappa shape index (κ1) is 39.8. The first-order valence-electron chi connectivity index (χ1n) is 18.4. The number of hydrogen-bond acceptors (Lipinski definition) is 10. The molecule has 3 aromatic rings. The third-order valence-corrected chi connectivity index (χ3v) is 10.8. The van der Waals surface area contributed by atoms with Gasteiger partial charge in [0, 0.05) is 32.5 Å². The van der Waals surface area contributed by atoms with Crippen molar-refractivity contribution in [3.8, 4) is 10.4 Å². The molecule has 5 rings (SSSR count). The van der Waals surface area contributed by atoms with Crippen LogP contribution < -0.4 is 15.5 Å². The van der Waals surface area contributed by atoms with Crippen molar-refractivity contribution in [2.75, 3.05) is 24.5 Å². The van der Waals surface area contributed by atoms with E-state index in [9.17, 15) is 24.3 Å². The predicted molar refractivity (Wildman–Crippen MR) is 205 cm³/mol. The highest BCUT2D eigenvalue weighted by Gasteiger charge is 2.45. The number of pyridine rings is 1. The fraction of sp³-hybridized carbons (Fsp3) is 0.550. The molecule has 4 atom stereocenters. The first-order valence-corrected chi connectivity index (χ1v) is 19.3. The molecule has 0 aliphatic carbocycles. The van der Waals surface area contributed by atoms with Gasteiger partial charge in [-0.25, -0.2) is 14.8 Å². The molecule has 0 saturated carbocycles. The Kier molecular flexibility index (Phi) is 12.3. The van der Waals surface area contributed by atoms with Gasteiger partial charge in [-0.05, 0) is 82.1 Å². The Morgan fingerprint density at radius 3 is 2.23 bits per heavy atom. The molecule has 1 unspecified atom stereocenters. The van der Waals surface area contributed by atoms with E-state index in [1.54, 1.807) is 23.6 Å². The molecule has 1 aromatic carbocycles. The fourth-order valence-corrected chi connectivity index (χ4v) is 7.73. The quantitative estimate of drug-likeness (QED) is 0.230. The predicted octanol–water partition coefficient (Wildman–Crippen LogP) is 5.45. The number of carbonyl (C=O) groups excluding carboxylic acids is 4. The summed E-state index contributed by atoms with van der Waals surface area (Å²) >= 11 is 1.58. The number of ether oxygens (including phenoxy) is 1. The lowest BCUT2D eigenvalue weighted by molar-refractivity contribution is -0.144. The number of thiazole rings is 1. The second kappa shape index (κ2) is 16.3. The Balaban J connectivity index is 1.15. The van der Waals surface area contributed by atoms with Crippen LogP contribution in [-0.4, -0.2) is 87.1 Å². The van der Waals surface area contributed by atoms with E-state index in [0.29, 0.717) is 0 Å². The zero-order valence-corrected chi connectivity index (χ0v) is 33.0. The number of carbonyl (C=O) groups is 4. The van der Waals surface area contributed by atoms with E-state index in [2.05, 4.69) is 25.5 Å². The maximum Gasteiger partial charge on any atom is 0.357 e. The molecule has 0 bridgehead atoms. The van der Waals surface area contributed by atoms with Crippen molar-refractivity contribution in [3.63, 3.8) is 0 Å². The number of aliphatic hydroxyl groups excluding tert-OH is 1. The Hall–Kier alpha value is -4.36. The summed E-state index contributed by atoms with van der Waals surface area (Å²) in [5, 5.41) is 16.7. The van der Waals surface area contributed by atoms with Gasteiger partial charge in [0.25, 0.3) is 0 Å². The molecule has 13 heteroatoms. The van der Waals surface area contributed by atoms with E-state index in [1.807, 2.05) is 91.2 Å². The lowest BCUT2D eigenvalue weighted by atomic mass is 9.85. The first-order chi connectivity index (χ1) is 24.9. The molecular formula is C40H54N6O6S. The van der Waals surface area contributed by atoms with Crippen LogP contribution >= 0.6 is 11.3 Å². The second-order valence-corrected chi connectivity index (χ2v) is 17.3. The van der Waals surface area contributed by atoms with Gasteiger partial charge in [0.1, 0.15) is 23.4 Å². The molecule has 2 saturated heterocycles. The van der Waals surface area contributed by atoms with Crippen LogP contribution in [0.5, 0.6) is 0 Å². The normalized spacial score (nSPS) is 19.4. The van der Waals surface area contributed by atoms with E-state index in [1.165, 1.54) is 4.90 Å². The monoisotopic (exact) mass is 746 g/mol. The van der Waals surface area contributed by atoms with Crippen molar-refractivity contribution in [1.29, 1.82) is 0 Å². The number of β-amino-alcohol motifs (C(OH)–C–C–N with tert-alkyl or cyclic N) is 1. The van der Waals surface area contributed by atoms with Crippen LogP contribution in [0.25, 0.3) is 10.4 Å². The zero-order valence-electron chi connectivity index (χ0n) is 32.1. The maximum absolute atomic E-state index is 14.1. The van der Waals surface area contributed by atoms with Gasteiger partial charge in [0.2, 0.25) is 17.7 Å². The fourth-order valence-electron chi connectivity index (χ4n) is 6.92. The molecule has 286 valence electrons. The van der Waals surface area contributed by atoms with Crippen LogP contribution in [-0.2, 0) is 19.1 Å². The van der Waals surface area contributed by atoms with Crippen LogP contribution in [0, 0.1) is 18.3 Å². The van der Waals surface area contributed by atoms with Crippen LogP contribution in [0.1, 0.15) is 102 Å². The second-order valence-electron chi connectivity index (χ2n) is 16.4. The Labute approximate surface area is 316 Å². The molecule has 12 nitrogen and oxygen atoms in total. The molecule has 2 aromatic heterocycles. The number of benzene rings is 1. The Morgan fingerprint density at radius 1 is 0.981 bits per heavy atom. The van der Waals surface area contributed by atoms with Gasteiger partial charge in [0.05, 0.1) is 40.1 Å². The van der Waals surface area contributed by atoms with Crippen molar-refractivity contribution in [2.24, 2.45) is 11.3 Å². The number of hydrogen-bond donors (Lipinski definition) is 3. The molecule has 0 radical (unpaired) electrons. The largest absolute Gasteiger partial charge is 0.455 e. The van der Waals surface area contributed by atoms with Crippen LogP contribution in [0.2, 0.25) is 0 Å². The molecule has 2 fully saturated rings. The van der Waals surface area contributed by atoms with Crippen molar-refractivity contribution in [2.45, 2.75) is 111 Å². The van der Waals surface area contributed by atoms with E-state index in [0.717, 1.165) is 53.3 Å². The van der Waals surface area contributed by atoms with Crippen molar-refractivity contribution < 1.29 is 29.0 Å². The van der Waals surface area contributed by atoms with Crippen molar-refractivity contribution in [1.82, 2.24) is 25.5 Å². The minimum absolute atomic E-state index is 0.0166. The number of nitrogens with zero attached hydrogens (tertiary/aromatic N) is 4. The molecule has 3 N–H and O–H groups in total. The summed E-state index contributed by atoms with van der Waals surface area (Å²) in [6.07, 6.45) is 2.78. The van der Waals surface area contributed by atoms with Gasteiger partial charge < -0.3 is 30.3 Å². The summed E-state index contributed by atoms with van der Waals surface area (Å²) in [6.45, 7) is 16.4. The van der Waals surface area contributed by atoms with E-state index < -0.39 is 35.2 Å². The number of nitrogens with one attached hydrogen (secondary N) is 2. The highest BCUT2D eigenvalue weighted by molar-refractivity contribution is 7.13. The van der Waals surface area contributed by atoms with Gasteiger partial charge in [-0.1, -0.05) is 45.0 Å². The van der Waals surface area contributed by atoms with Crippen molar-refractivity contribution in [3.05, 3.63) is 65.1 Å². The number of piperidine rings is 1. The molecule has 2 aliphatic rings. The number of amides is 3. The summed E-state index contributed by atoms with van der Waals surface area (Å²) in [6, 6.07) is 9.44. The molecule has 4 heterocycles. The maximum atomic E-state index is 14.1. The summed E-state index contributed by atoms with van der Waals surface area (Å²) < 4.78 is 5.41. The highest BCUT2D eigenvalue weighted by atomic mass is 32.1. The minimum Gasteiger partial charge on any atom is -0.455 e. The molecule has 53 heavy (non-hydrogen) atoms.